The molecule has 1 aromatic rings. The normalized spacial score (nSPS) is 18.1. The average Bonchev–Trinajstić information content (AvgIpc) is 3.14. The smallest absolute Gasteiger partial charge is 0.207 e. The minimum atomic E-state index is -3.49. The van der Waals surface area contributed by atoms with Crippen LogP contribution >= 0.6 is 23.2 Å². The number of sulfonamides is 1. The largest absolute Gasteiger partial charge is 0.243 e. The quantitative estimate of drug-likeness (QED) is 0.855. The van der Waals surface area contributed by atoms with Gasteiger partial charge in [-0.3, -0.25) is 0 Å². The van der Waals surface area contributed by atoms with Gasteiger partial charge >= 0.3 is 0 Å². The van der Waals surface area contributed by atoms with Crippen LogP contribution in [0.5, 0.6) is 0 Å². The fourth-order valence-electron chi connectivity index (χ4n) is 1.90. The lowest BCUT2D eigenvalue weighted by Crippen LogP contribution is -2.36. The molecule has 0 amide bonds. The Kier molecular flexibility index (Phi) is 3.93. The van der Waals surface area contributed by atoms with Crippen LogP contribution in [0.1, 0.15) is 19.8 Å². The molecule has 3 nitrogen and oxygen atoms in total. The Morgan fingerprint density at radius 2 is 1.89 bits per heavy atom. The van der Waals surface area contributed by atoms with E-state index in [4.69, 9.17) is 23.2 Å². The van der Waals surface area contributed by atoms with Crippen LogP contribution in [0.2, 0.25) is 10.0 Å². The summed E-state index contributed by atoms with van der Waals surface area (Å²) in [7, 11) is -1.88. The lowest BCUT2D eigenvalue weighted by atomic mass is 10.2. The van der Waals surface area contributed by atoms with Crippen molar-refractivity contribution in [2.75, 3.05) is 7.05 Å². The zero-order valence-corrected chi connectivity index (χ0v) is 12.6. The predicted octanol–water partition coefficient (Wildman–Crippen LogP) is 3.41. The lowest BCUT2D eigenvalue weighted by Gasteiger charge is -2.24. The first kappa shape index (κ1) is 14.1. The highest BCUT2D eigenvalue weighted by Gasteiger charge is 2.36. The molecule has 1 aliphatic rings. The zero-order chi connectivity index (χ0) is 13.5. The molecule has 0 bridgehead atoms. The highest BCUT2D eigenvalue weighted by molar-refractivity contribution is 7.89. The third-order valence-electron chi connectivity index (χ3n) is 3.45. The van der Waals surface area contributed by atoms with Crippen molar-refractivity contribution >= 4 is 33.2 Å². The molecule has 1 unspecified atom stereocenters. The van der Waals surface area contributed by atoms with E-state index in [0.717, 1.165) is 12.8 Å². The molecule has 0 N–H and O–H groups in total. The summed E-state index contributed by atoms with van der Waals surface area (Å²) in [5, 5.41) is 0.610. The molecule has 0 spiro atoms. The molecule has 100 valence electrons. The summed E-state index contributed by atoms with van der Waals surface area (Å²) >= 11 is 11.7. The SMILES string of the molecule is CC(C1CC1)N(C)S(=O)(=O)c1ccc(Cl)c(Cl)c1. The molecular weight excluding hydrogens is 293 g/mol. The van der Waals surface area contributed by atoms with Crippen molar-refractivity contribution in [3.63, 3.8) is 0 Å². The Morgan fingerprint density at radius 1 is 1.28 bits per heavy atom. The highest BCUT2D eigenvalue weighted by Crippen LogP contribution is 2.36. The number of rotatable bonds is 4. The van der Waals surface area contributed by atoms with Gasteiger partial charge in [0.15, 0.2) is 0 Å². The predicted molar refractivity (Wildman–Crippen MR) is 73.6 cm³/mol. The van der Waals surface area contributed by atoms with Crippen molar-refractivity contribution in [3.8, 4) is 0 Å². The minimum absolute atomic E-state index is 0.0180. The van der Waals surface area contributed by atoms with Crippen LogP contribution in [-0.2, 0) is 10.0 Å². The van der Waals surface area contributed by atoms with Crippen molar-refractivity contribution in [2.45, 2.75) is 30.7 Å². The van der Waals surface area contributed by atoms with Gasteiger partial charge in [0.1, 0.15) is 0 Å². The maximum atomic E-state index is 12.4. The summed E-state index contributed by atoms with van der Waals surface area (Å²) in [5.41, 5.74) is 0. The summed E-state index contributed by atoms with van der Waals surface area (Å²) in [6, 6.07) is 4.41. The fourth-order valence-corrected chi connectivity index (χ4v) is 3.71. The summed E-state index contributed by atoms with van der Waals surface area (Å²) in [6.45, 7) is 1.94. The number of hydrogen-bond donors (Lipinski definition) is 0. The van der Waals surface area contributed by atoms with Gasteiger partial charge in [-0.15, -0.1) is 0 Å². The van der Waals surface area contributed by atoms with Gasteiger partial charge < -0.3 is 0 Å². The summed E-state index contributed by atoms with van der Waals surface area (Å²) in [5.74, 6) is 0.479. The van der Waals surface area contributed by atoms with Gasteiger partial charge in [0.2, 0.25) is 10.0 Å². The molecule has 18 heavy (non-hydrogen) atoms. The molecule has 1 aliphatic carbocycles. The van der Waals surface area contributed by atoms with Gasteiger partial charge in [0.25, 0.3) is 0 Å². The first-order valence-corrected chi connectivity index (χ1v) is 7.96. The van der Waals surface area contributed by atoms with Gasteiger partial charge in [-0.1, -0.05) is 23.2 Å². The van der Waals surface area contributed by atoms with E-state index < -0.39 is 10.0 Å². The van der Waals surface area contributed by atoms with Crippen LogP contribution in [0.4, 0.5) is 0 Å². The van der Waals surface area contributed by atoms with E-state index in [2.05, 4.69) is 0 Å². The van der Waals surface area contributed by atoms with Crippen LogP contribution < -0.4 is 0 Å². The molecule has 6 heteroatoms. The number of halogens is 2. The Balaban J connectivity index is 2.31. The Morgan fingerprint density at radius 3 is 2.39 bits per heavy atom. The van der Waals surface area contributed by atoms with E-state index in [1.165, 1.54) is 22.5 Å². The lowest BCUT2D eigenvalue weighted by molar-refractivity contribution is 0.357. The van der Waals surface area contributed by atoms with E-state index in [1.807, 2.05) is 6.92 Å². The molecule has 0 radical (unpaired) electrons. The first-order chi connectivity index (χ1) is 8.34. The third-order valence-corrected chi connectivity index (χ3v) is 6.13. The van der Waals surface area contributed by atoms with Gasteiger partial charge in [0, 0.05) is 13.1 Å². The standard InChI is InChI=1S/C12H15Cl2NO2S/c1-8(9-3-4-9)15(2)18(16,17)10-5-6-11(13)12(14)7-10/h5-9H,3-4H2,1-2H3. The third kappa shape index (κ3) is 2.67. The second kappa shape index (κ2) is 5.00. The topological polar surface area (TPSA) is 37.4 Å². The molecule has 1 saturated carbocycles. The number of benzene rings is 1. The van der Waals surface area contributed by atoms with Crippen molar-refractivity contribution in [1.82, 2.24) is 4.31 Å². The van der Waals surface area contributed by atoms with Crippen LogP contribution in [0.25, 0.3) is 0 Å². The molecule has 1 fully saturated rings. The van der Waals surface area contributed by atoms with E-state index in [9.17, 15) is 8.42 Å². The molecule has 0 saturated heterocycles. The number of nitrogens with zero attached hydrogens (tertiary/aromatic N) is 1. The maximum Gasteiger partial charge on any atom is 0.243 e. The Labute approximate surface area is 118 Å². The van der Waals surface area contributed by atoms with E-state index in [0.29, 0.717) is 10.9 Å². The van der Waals surface area contributed by atoms with Crippen molar-refractivity contribution in [1.29, 1.82) is 0 Å². The summed E-state index contributed by atoms with van der Waals surface area (Å²) in [6.07, 6.45) is 2.20. The Bertz CT molecular complexity index is 555. The minimum Gasteiger partial charge on any atom is -0.207 e. The van der Waals surface area contributed by atoms with Gasteiger partial charge in [-0.2, -0.15) is 4.31 Å². The van der Waals surface area contributed by atoms with Crippen molar-refractivity contribution in [3.05, 3.63) is 28.2 Å². The van der Waals surface area contributed by atoms with Crippen LogP contribution in [-0.4, -0.2) is 25.8 Å². The molecule has 1 aromatic carbocycles. The molecular formula is C12H15Cl2NO2S. The van der Waals surface area contributed by atoms with E-state index >= 15 is 0 Å². The summed E-state index contributed by atoms with van der Waals surface area (Å²) in [4.78, 5) is 0.187. The molecule has 0 aliphatic heterocycles. The summed E-state index contributed by atoms with van der Waals surface area (Å²) < 4.78 is 26.2. The molecule has 0 aromatic heterocycles. The molecule has 2 rings (SSSR count). The number of hydrogen-bond acceptors (Lipinski definition) is 2. The first-order valence-electron chi connectivity index (χ1n) is 5.77. The maximum absolute atomic E-state index is 12.4. The van der Waals surface area contributed by atoms with Gasteiger partial charge in [0.05, 0.1) is 14.9 Å². The fraction of sp³-hybridized carbons (Fsp3) is 0.500. The Hall–Kier alpha value is -0.290. The highest BCUT2D eigenvalue weighted by atomic mass is 35.5. The van der Waals surface area contributed by atoms with Crippen LogP contribution in [0.15, 0.2) is 23.1 Å². The van der Waals surface area contributed by atoms with Gasteiger partial charge in [-0.25, -0.2) is 8.42 Å². The monoisotopic (exact) mass is 307 g/mol. The van der Waals surface area contributed by atoms with E-state index in [-0.39, 0.29) is 16.0 Å². The van der Waals surface area contributed by atoms with Crippen molar-refractivity contribution < 1.29 is 8.42 Å². The van der Waals surface area contributed by atoms with Gasteiger partial charge in [-0.05, 0) is 43.9 Å². The average molecular weight is 308 g/mol. The van der Waals surface area contributed by atoms with E-state index in [1.54, 1.807) is 7.05 Å². The second-order valence-electron chi connectivity index (χ2n) is 4.68. The molecule has 1 atom stereocenters. The van der Waals surface area contributed by atoms with Crippen molar-refractivity contribution in [2.24, 2.45) is 5.92 Å². The zero-order valence-electron chi connectivity index (χ0n) is 10.2. The van der Waals surface area contributed by atoms with Crippen LogP contribution in [0, 0.1) is 5.92 Å². The molecule has 0 heterocycles. The second-order valence-corrected chi connectivity index (χ2v) is 7.49. The van der Waals surface area contributed by atoms with Crippen LogP contribution in [0.3, 0.4) is 0 Å².